The molecular formula is C25H29F3N6O2. The van der Waals surface area contributed by atoms with Crippen LogP contribution in [0.3, 0.4) is 0 Å². The minimum atomic E-state index is -2.94. The van der Waals surface area contributed by atoms with Gasteiger partial charge in [-0.15, -0.1) is 0 Å². The van der Waals surface area contributed by atoms with Crippen molar-refractivity contribution in [3.05, 3.63) is 59.3 Å². The molecule has 2 aliphatic rings. The highest BCUT2D eigenvalue weighted by molar-refractivity contribution is 5.96. The largest absolute Gasteiger partial charge is 0.392 e. The molecule has 8 nitrogen and oxygen atoms in total. The molecule has 2 aliphatic heterocycles. The maximum absolute atomic E-state index is 14.6. The molecule has 2 N–H and O–H groups in total. The van der Waals surface area contributed by atoms with E-state index in [0.717, 1.165) is 50.7 Å². The predicted octanol–water partition coefficient (Wildman–Crippen LogP) is 3.33. The summed E-state index contributed by atoms with van der Waals surface area (Å²) in [5.74, 6) is -1.48. The standard InChI is InChI=1S/C25H29F3N6O2/c1-15(19-3-2-4-20(22(19)26)23(27)28)31-25(36)16-11-21(24-29-14-30-34(24)12-16)32-8-5-17(6-9-32)33-10-7-18(35)13-33/h2-4,11-12,14-15,17-18,23,35H,5-10,13H2,1H3,(H,31,36)/t15-,18-/m1/s1. The number of nitrogens with one attached hydrogen (secondary N) is 1. The molecule has 0 spiro atoms. The highest BCUT2D eigenvalue weighted by Gasteiger charge is 2.31. The summed E-state index contributed by atoms with van der Waals surface area (Å²) >= 11 is 0. The number of amides is 1. The maximum Gasteiger partial charge on any atom is 0.266 e. The number of aliphatic hydroxyl groups excluding tert-OH is 1. The predicted molar refractivity (Wildman–Crippen MR) is 128 cm³/mol. The number of pyridine rings is 1. The number of hydrogen-bond acceptors (Lipinski definition) is 6. The van der Waals surface area contributed by atoms with Crippen LogP contribution in [0.4, 0.5) is 18.9 Å². The van der Waals surface area contributed by atoms with Gasteiger partial charge in [-0.1, -0.05) is 18.2 Å². The Labute approximate surface area is 206 Å². The van der Waals surface area contributed by atoms with Crippen molar-refractivity contribution in [3.63, 3.8) is 0 Å². The lowest BCUT2D eigenvalue weighted by atomic mass is 10.0. The Balaban J connectivity index is 1.33. The summed E-state index contributed by atoms with van der Waals surface area (Å²) in [6, 6.07) is 5.13. The highest BCUT2D eigenvalue weighted by atomic mass is 19.3. The molecule has 5 rings (SSSR count). The number of fused-ring (bicyclic) bond motifs is 1. The summed E-state index contributed by atoms with van der Waals surface area (Å²) in [6.45, 7) is 4.73. The molecule has 192 valence electrons. The van der Waals surface area contributed by atoms with Gasteiger partial charge in [-0.05, 0) is 32.3 Å². The normalized spacial score (nSPS) is 20.4. The molecule has 2 atom stereocenters. The summed E-state index contributed by atoms with van der Waals surface area (Å²) in [4.78, 5) is 22.0. The molecule has 0 unspecified atom stereocenters. The number of carbonyl (C=O) groups is 1. The number of carbonyl (C=O) groups excluding carboxylic acids is 1. The molecular weight excluding hydrogens is 473 g/mol. The van der Waals surface area contributed by atoms with Crippen LogP contribution in [0.25, 0.3) is 5.65 Å². The van der Waals surface area contributed by atoms with E-state index in [1.807, 2.05) is 0 Å². The van der Waals surface area contributed by atoms with Crippen molar-refractivity contribution in [1.29, 1.82) is 0 Å². The van der Waals surface area contributed by atoms with Gasteiger partial charge in [0.2, 0.25) is 0 Å². The van der Waals surface area contributed by atoms with E-state index < -0.39 is 29.8 Å². The Morgan fingerprint density at radius 3 is 2.61 bits per heavy atom. The van der Waals surface area contributed by atoms with Crippen LogP contribution in [0.15, 0.2) is 36.8 Å². The molecule has 11 heteroatoms. The van der Waals surface area contributed by atoms with Gasteiger partial charge in [-0.3, -0.25) is 9.69 Å². The van der Waals surface area contributed by atoms with Gasteiger partial charge in [-0.25, -0.2) is 22.7 Å². The fourth-order valence-electron chi connectivity index (χ4n) is 5.27. The number of β-amino-alcohol motifs (C(OH)–C–C–N with tert-alkyl or cyclic N) is 1. The molecule has 2 aromatic heterocycles. The van der Waals surface area contributed by atoms with Gasteiger partial charge in [-0.2, -0.15) is 5.10 Å². The van der Waals surface area contributed by atoms with E-state index in [1.54, 1.807) is 19.2 Å². The maximum atomic E-state index is 14.6. The molecule has 0 aliphatic carbocycles. The summed E-state index contributed by atoms with van der Waals surface area (Å²) < 4.78 is 42.3. The molecule has 1 amide bonds. The van der Waals surface area contributed by atoms with Crippen molar-refractivity contribution in [2.45, 2.75) is 50.8 Å². The van der Waals surface area contributed by atoms with E-state index in [9.17, 15) is 23.1 Å². The van der Waals surface area contributed by atoms with Crippen LogP contribution >= 0.6 is 0 Å². The Kier molecular flexibility index (Phi) is 6.85. The molecule has 4 heterocycles. The third-order valence-corrected chi connectivity index (χ3v) is 7.24. The number of piperidine rings is 1. The van der Waals surface area contributed by atoms with Crippen LogP contribution in [-0.4, -0.2) is 68.8 Å². The van der Waals surface area contributed by atoms with E-state index in [0.29, 0.717) is 23.8 Å². The van der Waals surface area contributed by atoms with Crippen molar-refractivity contribution in [3.8, 4) is 0 Å². The first-order chi connectivity index (χ1) is 17.3. The topological polar surface area (TPSA) is 86.0 Å². The van der Waals surface area contributed by atoms with Gasteiger partial charge >= 0.3 is 0 Å². The second-order valence-corrected chi connectivity index (χ2v) is 9.54. The van der Waals surface area contributed by atoms with Crippen molar-refractivity contribution in [2.24, 2.45) is 0 Å². The van der Waals surface area contributed by atoms with Gasteiger partial charge < -0.3 is 15.3 Å². The van der Waals surface area contributed by atoms with Crippen molar-refractivity contribution in [2.75, 3.05) is 31.1 Å². The Hall–Kier alpha value is -3.18. The lowest BCUT2D eigenvalue weighted by Gasteiger charge is -2.37. The van der Waals surface area contributed by atoms with E-state index in [-0.39, 0.29) is 11.7 Å². The fourth-order valence-corrected chi connectivity index (χ4v) is 5.27. The number of alkyl halides is 2. The molecule has 3 aromatic rings. The number of anilines is 1. The smallest absolute Gasteiger partial charge is 0.266 e. The minimum absolute atomic E-state index is 0.00249. The summed E-state index contributed by atoms with van der Waals surface area (Å²) in [5, 5.41) is 16.8. The Morgan fingerprint density at radius 2 is 1.92 bits per heavy atom. The molecule has 0 saturated carbocycles. The second kappa shape index (κ2) is 10.1. The zero-order chi connectivity index (χ0) is 25.4. The number of aromatic nitrogens is 3. The summed E-state index contributed by atoms with van der Waals surface area (Å²) in [6.07, 6.45) is 2.46. The van der Waals surface area contributed by atoms with E-state index >= 15 is 0 Å². The van der Waals surface area contributed by atoms with E-state index in [2.05, 4.69) is 25.2 Å². The monoisotopic (exact) mass is 502 g/mol. The van der Waals surface area contributed by atoms with Gasteiger partial charge in [0.25, 0.3) is 12.3 Å². The average molecular weight is 503 g/mol. The summed E-state index contributed by atoms with van der Waals surface area (Å²) in [7, 11) is 0. The molecule has 1 aromatic carbocycles. The zero-order valence-electron chi connectivity index (χ0n) is 19.9. The zero-order valence-corrected chi connectivity index (χ0v) is 19.9. The van der Waals surface area contributed by atoms with Gasteiger partial charge in [0.15, 0.2) is 5.65 Å². The number of benzene rings is 1. The minimum Gasteiger partial charge on any atom is -0.392 e. The van der Waals surface area contributed by atoms with Crippen molar-refractivity contribution in [1.82, 2.24) is 24.8 Å². The average Bonchev–Trinajstić information content (AvgIpc) is 3.52. The number of halogens is 3. The van der Waals surface area contributed by atoms with Crippen LogP contribution < -0.4 is 10.2 Å². The third-order valence-electron chi connectivity index (χ3n) is 7.24. The first-order valence-electron chi connectivity index (χ1n) is 12.2. The molecule has 0 bridgehead atoms. The van der Waals surface area contributed by atoms with Crippen molar-refractivity contribution >= 4 is 17.2 Å². The fraction of sp³-hybridized carbons (Fsp3) is 0.480. The number of nitrogens with zero attached hydrogens (tertiary/aromatic N) is 5. The second-order valence-electron chi connectivity index (χ2n) is 9.54. The third kappa shape index (κ3) is 4.77. The molecule has 2 fully saturated rings. The number of hydrogen-bond donors (Lipinski definition) is 2. The quantitative estimate of drug-likeness (QED) is 0.538. The molecule has 0 radical (unpaired) electrons. The number of rotatable bonds is 6. The Morgan fingerprint density at radius 1 is 1.17 bits per heavy atom. The lowest BCUT2D eigenvalue weighted by Crippen LogP contribution is -2.44. The van der Waals surface area contributed by atoms with Crippen LogP contribution in [-0.2, 0) is 0 Å². The molecule has 36 heavy (non-hydrogen) atoms. The Bertz CT molecular complexity index is 1240. The van der Waals surface area contributed by atoms with Gasteiger partial charge in [0.1, 0.15) is 12.1 Å². The first kappa shape index (κ1) is 24.5. The van der Waals surface area contributed by atoms with Crippen molar-refractivity contribution < 1.29 is 23.1 Å². The first-order valence-corrected chi connectivity index (χ1v) is 12.2. The van der Waals surface area contributed by atoms with Crippen LogP contribution in [0.2, 0.25) is 0 Å². The van der Waals surface area contributed by atoms with E-state index in [1.165, 1.54) is 23.0 Å². The highest BCUT2D eigenvalue weighted by Crippen LogP contribution is 2.30. The lowest BCUT2D eigenvalue weighted by molar-refractivity contribution is 0.0938. The molecule has 2 saturated heterocycles. The summed E-state index contributed by atoms with van der Waals surface area (Å²) in [5.41, 5.74) is 1.03. The van der Waals surface area contributed by atoms with E-state index in [4.69, 9.17) is 0 Å². The van der Waals surface area contributed by atoms with Gasteiger partial charge in [0, 0.05) is 44.0 Å². The van der Waals surface area contributed by atoms with Gasteiger partial charge in [0.05, 0.1) is 29.0 Å². The van der Waals surface area contributed by atoms with Crippen LogP contribution in [0, 0.1) is 5.82 Å². The number of aliphatic hydroxyl groups is 1. The van der Waals surface area contributed by atoms with Crippen LogP contribution in [0.1, 0.15) is 60.1 Å². The SMILES string of the molecule is C[C@@H](NC(=O)c1cc(N2CCC(N3CC[C@@H](O)C3)CC2)c2ncnn2c1)c1cccc(C(F)F)c1F. The number of likely N-dealkylation sites (tertiary alicyclic amines) is 1. The van der Waals surface area contributed by atoms with Crippen LogP contribution in [0.5, 0.6) is 0 Å².